The molecule has 0 spiro atoms. The minimum absolute atomic E-state index is 0.161. The third-order valence-corrected chi connectivity index (χ3v) is 2.78. The van der Waals surface area contributed by atoms with Crippen LogP contribution in [0.15, 0.2) is 0 Å². The average molecular weight is 268 g/mol. The molecule has 1 fully saturated rings. The van der Waals surface area contributed by atoms with Gasteiger partial charge >= 0.3 is 12.3 Å². The monoisotopic (exact) mass is 268 g/mol. The smallest absolute Gasteiger partial charge is 0.409 e. The summed E-state index contributed by atoms with van der Waals surface area (Å²) in [5.41, 5.74) is 0. The van der Waals surface area contributed by atoms with E-state index in [0.717, 1.165) is 0 Å². The number of alkyl halides is 3. The molecule has 2 atom stereocenters. The quantitative estimate of drug-likeness (QED) is 0.851. The number of nitrogens with zero attached hydrogens (tertiary/aromatic N) is 1. The van der Waals surface area contributed by atoms with Gasteiger partial charge in [0.25, 0.3) is 0 Å². The molecular weight excluding hydrogens is 249 g/mol. The van der Waals surface area contributed by atoms with Crippen molar-refractivity contribution < 1.29 is 22.7 Å². The molecule has 106 valence electrons. The normalized spacial score (nSPS) is 25.1. The lowest BCUT2D eigenvalue weighted by atomic mass is 9.96. The highest BCUT2D eigenvalue weighted by Crippen LogP contribution is 2.19. The molecule has 0 saturated carbocycles. The SMILES string of the molecule is CCOC(=O)N1CC(C)CC(NCC(F)(F)F)C1. The number of carbonyl (C=O) groups excluding carboxylic acids is 1. The number of hydrogen-bond acceptors (Lipinski definition) is 3. The van der Waals surface area contributed by atoms with Gasteiger partial charge in [-0.1, -0.05) is 6.92 Å². The second-order valence-corrected chi connectivity index (χ2v) is 4.64. The molecule has 0 bridgehead atoms. The van der Waals surface area contributed by atoms with Crippen molar-refractivity contribution in [1.29, 1.82) is 0 Å². The van der Waals surface area contributed by atoms with E-state index in [-0.39, 0.29) is 25.1 Å². The molecular formula is C11H19F3N2O2. The van der Waals surface area contributed by atoms with Gasteiger partial charge in [0.2, 0.25) is 0 Å². The fourth-order valence-corrected chi connectivity index (χ4v) is 2.12. The lowest BCUT2D eigenvalue weighted by Crippen LogP contribution is -2.52. The number of piperidine rings is 1. The Balaban J connectivity index is 2.47. The summed E-state index contributed by atoms with van der Waals surface area (Å²) in [6, 6.07) is -0.334. The van der Waals surface area contributed by atoms with Gasteiger partial charge in [-0.2, -0.15) is 13.2 Å². The van der Waals surface area contributed by atoms with E-state index < -0.39 is 18.8 Å². The van der Waals surface area contributed by atoms with Gasteiger partial charge in [0.05, 0.1) is 13.2 Å². The molecule has 18 heavy (non-hydrogen) atoms. The van der Waals surface area contributed by atoms with Gasteiger partial charge in [0, 0.05) is 19.1 Å². The van der Waals surface area contributed by atoms with Crippen LogP contribution in [0, 0.1) is 5.92 Å². The maximum absolute atomic E-state index is 12.1. The first-order valence-corrected chi connectivity index (χ1v) is 6.03. The molecule has 1 saturated heterocycles. The average Bonchev–Trinajstić information content (AvgIpc) is 2.25. The van der Waals surface area contributed by atoms with Gasteiger partial charge in [-0.15, -0.1) is 0 Å². The zero-order chi connectivity index (χ0) is 13.8. The van der Waals surface area contributed by atoms with E-state index in [1.165, 1.54) is 4.90 Å². The first-order valence-electron chi connectivity index (χ1n) is 6.03. The van der Waals surface area contributed by atoms with Crippen molar-refractivity contribution in [2.45, 2.75) is 32.5 Å². The Hall–Kier alpha value is -0.980. The van der Waals surface area contributed by atoms with Gasteiger partial charge in [-0.3, -0.25) is 0 Å². The van der Waals surface area contributed by atoms with Crippen LogP contribution in [0.2, 0.25) is 0 Å². The highest BCUT2D eigenvalue weighted by Gasteiger charge is 2.32. The predicted octanol–water partition coefficient (Wildman–Crippen LogP) is 2.01. The fourth-order valence-electron chi connectivity index (χ4n) is 2.12. The summed E-state index contributed by atoms with van der Waals surface area (Å²) in [5, 5.41) is 2.44. The predicted molar refractivity (Wildman–Crippen MR) is 60.2 cm³/mol. The highest BCUT2D eigenvalue weighted by molar-refractivity contribution is 5.67. The summed E-state index contributed by atoms with van der Waals surface area (Å²) in [6.45, 7) is 3.64. The van der Waals surface area contributed by atoms with Crippen LogP contribution in [0.5, 0.6) is 0 Å². The third kappa shape index (κ3) is 5.12. The van der Waals surface area contributed by atoms with Gasteiger partial charge in [-0.25, -0.2) is 4.79 Å². The number of nitrogens with one attached hydrogen (secondary N) is 1. The van der Waals surface area contributed by atoms with Crippen molar-refractivity contribution in [2.75, 3.05) is 26.2 Å². The maximum Gasteiger partial charge on any atom is 0.409 e. The minimum Gasteiger partial charge on any atom is -0.450 e. The van der Waals surface area contributed by atoms with Crippen molar-refractivity contribution in [3.8, 4) is 0 Å². The highest BCUT2D eigenvalue weighted by atomic mass is 19.4. The summed E-state index contributed by atoms with van der Waals surface area (Å²) in [6.07, 6.45) is -4.05. The number of rotatable bonds is 3. The van der Waals surface area contributed by atoms with Crippen LogP contribution in [-0.2, 0) is 4.74 Å². The van der Waals surface area contributed by atoms with Crippen molar-refractivity contribution >= 4 is 6.09 Å². The Labute approximate surface area is 104 Å². The van der Waals surface area contributed by atoms with Gasteiger partial charge in [0.15, 0.2) is 0 Å². The number of hydrogen-bond donors (Lipinski definition) is 1. The Kier molecular flexibility index (Phi) is 5.25. The van der Waals surface area contributed by atoms with Crippen LogP contribution < -0.4 is 5.32 Å². The van der Waals surface area contributed by atoms with Gasteiger partial charge < -0.3 is 15.0 Å². The lowest BCUT2D eigenvalue weighted by molar-refractivity contribution is -0.127. The van der Waals surface area contributed by atoms with E-state index in [2.05, 4.69) is 5.32 Å². The molecule has 0 aromatic heterocycles. The standard InChI is InChI=1S/C11H19F3N2O2/c1-3-18-10(17)16-5-8(2)4-9(6-16)15-7-11(12,13)14/h8-9,15H,3-7H2,1-2H3. The van der Waals surface area contributed by atoms with Crippen LogP contribution in [0.1, 0.15) is 20.3 Å². The van der Waals surface area contributed by atoms with E-state index in [9.17, 15) is 18.0 Å². The van der Waals surface area contributed by atoms with Crippen LogP contribution in [0.25, 0.3) is 0 Å². The van der Waals surface area contributed by atoms with Crippen molar-refractivity contribution in [3.63, 3.8) is 0 Å². The third-order valence-electron chi connectivity index (χ3n) is 2.78. The molecule has 4 nitrogen and oxygen atoms in total. The van der Waals surface area contributed by atoms with E-state index >= 15 is 0 Å². The summed E-state index contributed by atoms with van der Waals surface area (Å²) >= 11 is 0. The number of likely N-dealkylation sites (tertiary alicyclic amines) is 1. The maximum atomic E-state index is 12.1. The lowest BCUT2D eigenvalue weighted by Gasteiger charge is -2.36. The number of carbonyl (C=O) groups is 1. The molecule has 0 aliphatic carbocycles. The second-order valence-electron chi connectivity index (χ2n) is 4.64. The Morgan fingerprint density at radius 3 is 2.67 bits per heavy atom. The van der Waals surface area contributed by atoms with Gasteiger partial charge in [0.1, 0.15) is 0 Å². The number of halogens is 3. The molecule has 1 N–H and O–H groups in total. The molecule has 1 rings (SSSR count). The topological polar surface area (TPSA) is 41.6 Å². The van der Waals surface area contributed by atoms with Crippen molar-refractivity contribution in [2.24, 2.45) is 5.92 Å². The van der Waals surface area contributed by atoms with E-state index in [0.29, 0.717) is 13.0 Å². The summed E-state index contributed by atoms with van der Waals surface area (Å²) in [4.78, 5) is 13.0. The molecule has 7 heteroatoms. The molecule has 1 aliphatic heterocycles. The molecule has 0 aromatic carbocycles. The van der Waals surface area contributed by atoms with Crippen molar-refractivity contribution in [1.82, 2.24) is 10.2 Å². The molecule has 1 aliphatic rings. The molecule has 2 unspecified atom stereocenters. The zero-order valence-electron chi connectivity index (χ0n) is 10.6. The van der Waals surface area contributed by atoms with E-state index in [1.807, 2.05) is 6.92 Å². The molecule has 1 heterocycles. The fraction of sp³-hybridized carbons (Fsp3) is 0.909. The van der Waals surface area contributed by atoms with Crippen LogP contribution >= 0.6 is 0 Å². The Morgan fingerprint density at radius 2 is 2.11 bits per heavy atom. The van der Waals surface area contributed by atoms with E-state index in [1.54, 1.807) is 6.92 Å². The summed E-state index contributed by atoms with van der Waals surface area (Å²) in [7, 11) is 0. The van der Waals surface area contributed by atoms with Gasteiger partial charge in [-0.05, 0) is 19.3 Å². The summed E-state index contributed by atoms with van der Waals surface area (Å²) < 4.78 is 41.2. The zero-order valence-corrected chi connectivity index (χ0v) is 10.6. The summed E-state index contributed by atoms with van der Waals surface area (Å²) in [5.74, 6) is 0.161. The van der Waals surface area contributed by atoms with E-state index in [4.69, 9.17) is 4.74 Å². The van der Waals surface area contributed by atoms with Crippen LogP contribution in [0.3, 0.4) is 0 Å². The molecule has 0 radical (unpaired) electrons. The molecule has 1 amide bonds. The molecule has 0 aromatic rings. The van der Waals surface area contributed by atoms with Crippen LogP contribution in [-0.4, -0.2) is 49.5 Å². The Bertz CT molecular complexity index is 284. The van der Waals surface area contributed by atoms with Crippen molar-refractivity contribution in [3.05, 3.63) is 0 Å². The first kappa shape index (κ1) is 15.1. The second kappa shape index (κ2) is 6.26. The first-order chi connectivity index (χ1) is 8.31. The minimum atomic E-state index is -4.23. The Morgan fingerprint density at radius 1 is 1.44 bits per heavy atom. The number of ether oxygens (including phenoxy) is 1. The largest absolute Gasteiger partial charge is 0.450 e. The van der Waals surface area contributed by atoms with Crippen LogP contribution in [0.4, 0.5) is 18.0 Å². The number of amides is 1.